The van der Waals surface area contributed by atoms with Crippen molar-refractivity contribution in [3.8, 4) is 0 Å². The van der Waals surface area contributed by atoms with Crippen LogP contribution in [-0.4, -0.2) is 133 Å². The number of aliphatic hydroxyl groups excluding tert-OH is 3. The summed E-state index contributed by atoms with van der Waals surface area (Å²) in [4.78, 5) is 0. The van der Waals surface area contributed by atoms with Crippen LogP contribution in [-0.2, 0) is 14.2 Å². The van der Waals surface area contributed by atoms with Gasteiger partial charge in [-0.1, -0.05) is 0 Å². The van der Waals surface area contributed by atoms with Gasteiger partial charge in [0.25, 0.3) is 0 Å². The Morgan fingerprint density at radius 3 is 2.62 bits per heavy atom. The quantitative estimate of drug-likeness (QED) is 0.0947. The number of hydrogen-bond acceptors (Lipinski definition) is 14. The molecule has 0 aromatic heterocycles. The van der Waals surface area contributed by atoms with E-state index in [9.17, 15) is 20.4 Å². The van der Waals surface area contributed by atoms with E-state index in [0.29, 0.717) is 25.9 Å². The summed E-state index contributed by atoms with van der Waals surface area (Å²) < 4.78 is 18.2. The van der Waals surface area contributed by atoms with E-state index in [2.05, 4.69) is 16.0 Å². The highest BCUT2D eigenvalue weighted by atomic mass is 16.7. The van der Waals surface area contributed by atoms with Crippen molar-refractivity contribution in [3.63, 3.8) is 0 Å². The van der Waals surface area contributed by atoms with Crippen LogP contribution in [0.4, 0.5) is 0 Å². The van der Waals surface area contributed by atoms with Crippen molar-refractivity contribution in [2.75, 3.05) is 46.4 Å². The van der Waals surface area contributed by atoms with Crippen molar-refractivity contribution >= 4 is 0 Å². The molecule has 0 amide bonds. The van der Waals surface area contributed by atoms with Gasteiger partial charge >= 0.3 is 0 Å². The maximum atomic E-state index is 11.7. The number of likely N-dealkylation sites (N-methyl/N-ethyl adjacent to an activating group) is 1. The molecule has 3 aliphatic rings. The molecule has 12 unspecified atom stereocenters. The maximum absolute atomic E-state index is 11.7. The Labute approximate surface area is 230 Å². The van der Waals surface area contributed by atoms with E-state index in [-0.39, 0.29) is 19.7 Å². The Bertz CT molecular complexity index is 779. The van der Waals surface area contributed by atoms with Crippen LogP contribution in [0.15, 0.2) is 11.8 Å². The van der Waals surface area contributed by atoms with E-state index in [0.717, 1.165) is 18.7 Å². The lowest BCUT2D eigenvalue weighted by Crippen LogP contribution is -2.69. The van der Waals surface area contributed by atoms with Gasteiger partial charge in [-0.05, 0) is 52.4 Å². The van der Waals surface area contributed by atoms with E-state index in [1.54, 1.807) is 14.0 Å². The molecule has 0 spiro atoms. The van der Waals surface area contributed by atoms with Gasteiger partial charge in [-0.2, -0.15) is 0 Å². The Morgan fingerprint density at radius 2 is 1.95 bits per heavy atom. The average Bonchev–Trinajstić information content (AvgIpc) is 2.89. The summed E-state index contributed by atoms with van der Waals surface area (Å²) in [5.74, 6) is 0.145. The van der Waals surface area contributed by atoms with Gasteiger partial charge in [0.1, 0.15) is 29.7 Å². The zero-order chi connectivity index (χ0) is 28.7. The lowest BCUT2D eigenvalue weighted by atomic mass is 9.72. The molecule has 14 nitrogen and oxygen atoms in total. The van der Waals surface area contributed by atoms with Crippen molar-refractivity contribution in [2.45, 2.75) is 92.8 Å². The van der Waals surface area contributed by atoms with Gasteiger partial charge in [-0.3, -0.25) is 0 Å². The normalized spacial score (nSPS) is 42.1. The fourth-order valence-corrected chi connectivity index (χ4v) is 5.83. The van der Waals surface area contributed by atoms with E-state index < -0.39 is 72.5 Å². The third kappa shape index (κ3) is 8.07. The fourth-order valence-electron chi connectivity index (χ4n) is 5.83. The second kappa shape index (κ2) is 14.8. The van der Waals surface area contributed by atoms with Crippen LogP contribution in [0.25, 0.3) is 0 Å². The minimum atomic E-state index is -1.32. The van der Waals surface area contributed by atoms with Crippen LogP contribution in [0.5, 0.6) is 0 Å². The summed E-state index contributed by atoms with van der Waals surface area (Å²) in [5.41, 5.74) is 22.9. The third-order valence-corrected chi connectivity index (χ3v) is 8.03. The molecular weight excluding hydrogens is 510 g/mol. The van der Waals surface area contributed by atoms with Crippen LogP contribution in [0.1, 0.15) is 26.2 Å². The topological polar surface area (TPSA) is 249 Å². The first kappa shape index (κ1) is 32.5. The monoisotopic (exact) mass is 561 g/mol. The van der Waals surface area contributed by atoms with E-state index in [1.165, 1.54) is 0 Å². The highest BCUT2D eigenvalue weighted by Crippen LogP contribution is 2.36. The number of nitrogens with one attached hydrogen (secondary N) is 3. The summed E-state index contributed by atoms with van der Waals surface area (Å²) in [5, 5.41) is 52.8. The summed E-state index contributed by atoms with van der Waals surface area (Å²) in [6.45, 7) is 3.55. The molecule has 39 heavy (non-hydrogen) atoms. The molecule has 0 bridgehead atoms. The molecule has 0 aromatic rings. The summed E-state index contributed by atoms with van der Waals surface area (Å²) in [7, 11) is 1.63. The first-order valence-electron chi connectivity index (χ1n) is 14.0. The number of rotatable bonds is 13. The van der Waals surface area contributed by atoms with Crippen molar-refractivity contribution in [3.05, 3.63) is 11.8 Å². The summed E-state index contributed by atoms with van der Waals surface area (Å²) in [6, 6.07) is -2.12. The molecule has 2 heterocycles. The Hall–Kier alpha value is -0.980. The summed E-state index contributed by atoms with van der Waals surface area (Å²) >= 11 is 0. The van der Waals surface area contributed by atoms with Gasteiger partial charge in [0.05, 0.1) is 31.4 Å². The molecule has 0 radical (unpaired) electrons. The SMILES string of the molecule is CNC1C(O)C(OC2C(NCC(O)CN)CC(N)C(C3OC(CNCCCN)=CCC3N)C2O)OCC1(C)O. The molecule has 1 saturated carbocycles. The first-order valence-corrected chi connectivity index (χ1v) is 14.0. The largest absolute Gasteiger partial charge is 0.492 e. The van der Waals surface area contributed by atoms with Crippen molar-refractivity contribution < 1.29 is 34.6 Å². The lowest BCUT2D eigenvalue weighted by Gasteiger charge is -2.50. The van der Waals surface area contributed by atoms with E-state index in [4.69, 9.17) is 37.1 Å². The molecule has 0 aromatic carbocycles. The minimum Gasteiger partial charge on any atom is -0.492 e. The summed E-state index contributed by atoms with van der Waals surface area (Å²) in [6.07, 6.45) is -2.05. The Kier molecular flexibility index (Phi) is 12.3. The van der Waals surface area contributed by atoms with Gasteiger partial charge < -0.3 is 73.5 Å². The molecule has 2 aliphatic heterocycles. The van der Waals surface area contributed by atoms with Crippen LogP contribution in [0.3, 0.4) is 0 Å². The van der Waals surface area contributed by atoms with Gasteiger partial charge in [0, 0.05) is 37.1 Å². The standard InChI is InChI=1S/C25H51N7O7/c1-25(36)12-37-24(20(35)23(25)30-2)39-22-17(32-10-13(33)9-27)8-16(29)18(19(22)34)21-15(28)5-4-14(38-21)11-31-7-3-6-26/h4,13,15-24,30-36H,3,5-12,26-29H2,1-2H3. The molecule has 15 N–H and O–H groups in total. The van der Waals surface area contributed by atoms with Crippen molar-refractivity contribution in [2.24, 2.45) is 28.9 Å². The second-order valence-electron chi connectivity index (χ2n) is 11.2. The molecular formula is C25H51N7O7. The third-order valence-electron chi connectivity index (χ3n) is 8.03. The zero-order valence-electron chi connectivity index (χ0n) is 23.1. The molecule has 12 atom stereocenters. The van der Waals surface area contributed by atoms with E-state index in [1.807, 2.05) is 6.08 Å². The molecule has 1 saturated heterocycles. The number of ether oxygens (including phenoxy) is 3. The predicted molar refractivity (Wildman–Crippen MR) is 145 cm³/mol. The van der Waals surface area contributed by atoms with Gasteiger partial charge in [0.15, 0.2) is 6.29 Å². The fraction of sp³-hybridized carbons (Fsp3) is 0.920. The van der Waals surface area contributed by atoms with Crippen LogP contribution in [0, 0.1) is 5.92 Å². The maximum Gasteiger partial charge on any atom is 0.185 e. The number of nitrogens with two attached hydrogens (primary N) is 4. The number of hydrogen-bond donors (Lipinski definition) is 11. The molecule has 3 rings (SSSR count). The first-order chi connectivity index (χ1) is 18.5. The highest BCUT2D eigenvalue weighted by Gasteiger charge is 2.53. The average molecular weight is 562 g/mol. The Balaban J connectivity index is 1.79. The molecule has 2 fully saturated rings. The second-order valence-corrected chi connectivity index (χ2v) is 11.2. The lowest BCUT2D eigenvalue weighted by molar-refractivity contribution is -0.298. The Morgan fingerprint density at radius 1 is 1.21 bits per heavy atom. The van der Waals surface area contributed by atoms with Crippen molar-refractivity contribution in [1.82, 2.24) is 16.0 Å². The van der Waals surface area contributed by atoms with E-state index >= 15 is 0 Å². The van der Waals surface area contributed by atoms with Crippen molar-refractivity contribution in [1.29, 1.82) is 0 Å². The molecule has 14 heteroatoms. The van der Waals surface area contributed by atoms with Crippen LogP contribution < -0.4 is 38.9 Å². The van der Waals surface area contributed by atoms with Crippen LogP contribution >= 0.6 is 0 Å². The number of aliphatic hydroxyl groups is 4. The van der Waals surface area contributed by atoms with Gasteiger partial charge in [-0.15, -0.1) is 0 Å². The van der Waals surface area contributed by atoms with Gasteiger partial charge in [0.2, 0.25) is 0 Å². The van der Waals surface area contributed by atoms with Crippen LogP contribution in [0.2, 0.25) is 0 Å². The minimum absolute atomic E-state index is 0.0606. The zero-order valence-corrected chi connectivity index (χ0v) is 23.1. The highest BCUT2D eigenvalue weighted by molar-refractivity contribution is 5.10. The van der Waals surface area contributed by atoms with Gasteiger partial charge in [-0.25, -0.2) is 0 Å². The predicted octanol–water partition coefficient (Wildman–Crippen LogP) is -4.65. The molecule has 1 aliphatic carbocycles. The smallest absolute Gasteiger partial charge is 0.185 e. The molecule has 228 valence electrons.